The van der Waals surface area contributed by atoms with Crippen LogP contribution in [0.2, 0.25) is 0 Å². The number of nitrogens with zero attached hydrogens (tertiary/aromatic N) is 1. The van der Waals surface area contributed by atoms with Crippen LogP contribution in [0.3, 0.4) is 0 Å². The average Bonchev–Trinajstić information content (AvgIpc) is 1.99. The first kappa shape index (κ1) is 12.5. The molecule has 2 atom stereocenters. The van der Waals surface area contributed by atoms with E-state index in [0.717, 1.165) is 0 Å². The monoisotopic (exact) mass is 210 g/mol. The van der Waals surface area contributed by atoms with Gasteiger partial charge in [0.05, 0.1) is 0 Å². The number of carbonyl (C=O) groups is 1. The zero-order valence-electron chi connectivity index (χ0n) is 7.10. The summed E-state index contributed by atoms with van der Waals surface area (Å²) in [7, 11) is 1.46. The minimum absolute atomic E-state index is 0.257. The van der Waals surface area contributed by atoms with Gasteiger partial charge < -0.3 is 15.4 Å². The molecule has 0 radical (unpaired) electrons. The minimum Gasteiger partial charge on any atom is -0.760 e. The Hall–Kier alpha value is -0.540. The van der Waals surface area contributed by atoms with Gasteiger partial charge in [0.1, 0.15) is 0 Å². The molecule has 13 heavy (non-hydrogen) atoms. The van der Waals surface area contributed by atoms with Crippen LogP contribution in [0.5, 0.6) is 0 Å². The van der Waals surface area contributed by atoms with Gasteiger partial charge in [-0.05, 0) is 7.05 Å². The molecule has 0 bridgehead atoms. The normalized spacial score (nSPS) is 15.7. The van der Waals surface area contributed by atoms with Gasteiger partial charge in [0.2, 0.25) is 0 Å². The third-order valence-electron chi connectivity index (χ3n) is 1.36. The Labute approximate surface area is 78.3 Å². The number of hydrogen-bond acceptors (Lipinski definition) is 5. The fourth-order valence-corrected chi connectivity index (χ4v) is 1.22. The maximum absolute atomic E-state index is 10.5. The summed E-state index contributed by atoms with van der Waals surface area (Å²) in [6.07, 6.45) is -1.26. The zero-order valence-corrected chi connectivity index (χ0v) is 7.91. The van der Waals surface area contributed by atoms with Gasteiger partial charge in [-0.2, -0.15) is 0 Å². The summed E-state index contributed by atoms with van der Waals surface area (Å²) >= 11 is -2.60. The van der Waals surface area contributed by atoms with E-state index < -0.39 is 23.4 Å². The van der Waals surface area contributed by atoms with Crippen molar-refractivity contribution >= 4 is 17.2 Å². The smallest absolute Gasteiger partial charge is 0.336 e. The van der Waals surface area contributed by atoms with Crippen molar-refractivity contribution in [2.75, 3.05) is 20.1 Å². The third kappa shape index (κ3) is 4.90. The molecule has 0 heterocycles. The zero-order chi connectivity index (χ0) is 10.4. The number of hydrogen-bond donors (Lipinski definition) is 3. The van der Waals surface area contributed by atoms with Crippen LogP contribution in [-0.4, -0.2) is 51.0 Å². The van der Waals surface area contributed by atoms with Crippen LogP contribution in [0.1, 0.15) is 0 Å². The molecule has 78 valence electrons. The van der Waals surface area contributed by atoms with Crippen molar-refractivity contribution in [2.24, 2.45) is 5.73 Å². The Morgan fingerprint density at radius 3 is 2.69 bits per heavy atom. The van der Waals surface area contributed by atoms with Crippen molar-refractivity contribution in [1.82, 2.24) is 9.62 Å². The molecule has 0 spiro atoms. The van der Waals surface area contributed by atoms with E-state index >= 15 is 0 Å². The Bertz CT molecular complexity index is 200. The second-order valence-electron chi connectivity index (χ2n) is 2.36. The molecule has 0 aliphatic carbocycles. The van der Waals surface area contributed by atoms with E-state index in [0.29, 0.717) is 6.54 Å². The molecule has 0 aliphatic heterocycles. The van der Waals surface area contributed by atoms with Gasteiger partial charge in [-0.1, -0.05) is 0 Å². The lowest BCUT2D eigenvalue weighted by atomic mass is 10.4. The number of nitrogens with two attached hydrogens (primary N) is 1. The van der Waals surface area contributed by atoms with E-state index in [2.05, 4.69) is 0 Å². The minimum atomic E-state index is -2.60. The van der Waals surface area contributed by atoms with Gasteiger partial charge >= 0.3 is 5.97 Å². The Kier molecular flexibility index (Phi) is 5.75. The molecule has 0 fully saturated rings. The Morgan fingerprint density at radius 2 is 2.38 bits per heavy atom. The van der Waals surface area contributed by atoms with Gasteiger partial charge in [-0.25, -0.2) is 9.52 Å². The molecule has 0 saturated heterocycles. The molecule has 8 heteroatoms. The predicted octanol–water partition coefficient (Wildman–Crippen LogP) is -2.33. The average molecular weight is 210 g/mol. The molecule has 2 unspecified atom stereocenters. The molecule has 7 nitrogen and oxygen atoms in total. The van der Waals surface area contributed by atoms with Crippen molar-refractivity contribution in [3.05, 3.63) is 0 Å². The van der Waals surface area contributed by atoms with Crippen LogP contribution in [0, 0.1) is 0 Å². The Morgan fingerprint density at radius 1 is 1.85 bits per heavy atom. The largest absolute Gasteiger partial charge is 0.760 e. The maximum atomic E-state index is 10.5. The van der Waals surface area contributed by atoms with Gasteiger partial charge in [-0.15, -0.1) is 0 Å². The molecule has 4 N–H and O–H groups in total. The van der Waals surface area contributed by atoms with E-state index in [1.165, 1.54) is 11.9 Å². The number of carboxylic acids is 1. The Balaban J connectivity index is 4.23. The topological polar surface area (TPSA) is 119 Å². The summed E-state index contributed by atoms with van der Waals surface area (Å²) in [5.41, 5.74) is 5.18. The highest BCUT2D eigenvalue weighted by molar-refractivity contribution is 7.77. The van der Waals surface area contributed by atoms with Crippen LogP contribution in [0.15, 0.2) is 0 Å². The summed E-state index contributed by atoms with van der Waals surface area (Å²) in [5.74, 6) is -1.26. The van der Waals surface area contributed by atoms with Gasteiger partial charge in [-0.3, -0.25) is 9.11 Å². The second-order valence-corrected chi connectivity index (χ2v) is 3.07. The number of likely N-dealkylation sites (N-methyl/N-ethyl adjacent to an activating group) is 1. The van der Waals surface area contributed by atoms with Gasteiger partial charge in [0, 0.05) is 24.4 Å². The van der Waals surface area contributed by atoms with Crippen LogP contribution in [0.4, 0.5) is 0 Å². The first-order chi connectivity index (χ1) is 5.99. The van der Waals surface area contributed by atoms with Crippen molar-refractivity contribution < 1.29 is 18.7 Å². The van der Waals surface area contributed by atoms with Crippen molar-refractivity contribution in [3.8, 4) is 0 Å². The number of nitrogens with one attached hydrogen (secondary N) is 1. The van der Waals surface area contributed by atoms with Gasteiger partial charge in [0.25, 0.3) is 0 Å². The standard InChI is InChI=1S/C5H13N3O4S/c1-8(3-2-6)4(5(9)10)7-13(11)12/h4,7H,2-3,6H2,1H3,(H,9,10)(H,11,12)/p-1. The summed E-state index contributed by atoms with van der Waals surface area (Å²) in [6, 6.07) is 0. The van der Waals surface area contributed by atoms with Crippen LogP contribution < -0.4 is 10.5 Å². The third-order valence-corrected chi connectivity index (χ3v) is 1.78. The highest BCUT2D eigenvalue weighted by atomic mass is 32.2. The lowest BCUT2D eigenvalue weighted by Crippen LogP contribution is -2.51. The lowest BCUT2D eigenvalue weighted by molar-refractivity contribution is -0.143. The lowest BCUT2D eigenvalue weighted by Gasteiger charge is -2.25. The summed E-state index contributed by atoms with van der Waals surface area (Å²) < 4.78 is 22.2. The van der Waals surface area contributed by atoms with Crippen molar-refractivity contribution in [2.45, 2.75) is 6.17 Å². The molecule has 0 aromatic heterocycles. The van der Waals surface area contributed by atoms with Crippen molar-refractivity contribution in [1.29, 1.82) is 0 Å². The summed E-state index contributed by atoms with van der Waals surface area (Å²) in [6.45, 7) is 0.550. The number of rotatable bonds is 6. The van der Waals surface area contributed by atoms with Crippen molar-refractivity contribution in [3.63, 3.8) is 0 Å². The molecule has 0 saturated carbocycles. The first-order valence-electron chi connectivity index (χ1n) is 3.47. The quantitative estimate of drug-likeness (QED) is 0.334. The maximum Gasteiger partial charge on any atom is 0.336 e. The van der Waals surface area contributed by atoms with E-state index in [4.69, 9.17) is 10.8 Å². The van der Waals surface area contributed by atoms with E-state index in [1.807, 2.05) is 4.72 Å². The van der Waals surface area contributed by atoms with Crippen LogP contribution in [0.25, 0.3) is 0 Å². The summed E-state index contributed by atoms with van der Waals surface area (Å²) in [4.78, 5) is 11.8. The van der Waals surface area contributed by atoms with Crippen LogP contribution >= 0.6 is 0 Å². The predicted molar refractivity (Wildman–Crippen MR) is 45.2 cm³/mol. The molecule has 0 aromatic rings. The first-order valence-corrected chi connectivity index (χ1v) is 4.55. The van der Waals surface area contributed by atoms with E-state index in [1.54, 1.807) is 0 Å². The number of carboxylic acid groups (broad SMARTS) is 1. The molecular weight excluding hydrogens is 198 g/mol. The van der Waals surface area contributed by atoms with E-state index in [-0.39, 0.29) is 6.54 Å². The fourth-order valence-electron chi connectivity index (χ4n) is 0.753. The van der Waals surface area contributed by atoms with Crippen LogP contribution in [-0.2, 0) is 16.1 Å². The molecular formula is C5H12N3O4S-. The molecule has 0 aromatic carbocycles. The summed E-state index contributed by atoms with van der Waals surface area (Å²) in [5, 5.41) is 8.60. The second kappa shape index (κ2) is 6.00. The highest BCUT2D eigenvalue weighted by Crippen LogP contribution is 1.92. The van der Waals surface area contributed by atoms with E-state index in [9.17, 15) is 13.6 Å². The molecule has 0 aliphatic rings. The SMILES string of the molecule is CN(CCN)C(NS(=O)[O-])C(=O)O. The highest BCUT2D eigenvalue weighted by Gasteiger charge is 2.21. The molecule has 0 amide bonds. The van der Waals surface area contributed by atoms with Gasteiger partial charge in [0.15, 0.2) is 6.17 Å². The number of aliphatic carboxylic acids is 1. The fraction of sp³-hybridized carbons (Fsp3) is 0.800. The molecule has 0 rings (SSSR count).